The largest absolute Gasteiger partial charge is 0.369 e. The molecule has 0 spiro atoms. The number of nitrogens with zero attached hydrogens (tertiary/aromatic N) is 3. The maximum atomic E-state index is 11.8. The van der Waals surface area contributed by atoms with E-state index in [9.17, 15) is 10.1 Å². The molecule has 6 nitrogen and oxygen atoms in total. The highest BCUT2D eigenvalue weighted by Crippen LogP contribution is 2.35. The molecule has 0 atom stereocenters. The first-order chi connectivity index (χ1) is 15.7. The van der Waals surface area contributed by atoms with Crippen LogP contribution >= 0.6 is 0 Å². The minimum atomic E-state index is -0.307. The summed E-state index contributed by atoms with van der Waals surface area (Å²) in [7, 11) is 0. The number of benzene rings is 3. The van der Waals surface area contributed by atoms with E-state index in [0.717, 1.165) is 56.0 Å². The Morgan fingerprint density at radius 3 is 2.03 bits per heavy atom. The molecule has 3 aromatic rings. The summed E-state index contributed by atoms with van der Waals surface area (Å²) in [6.07, 6.45) is 1.16. The van der Waals surface area contributed by atoms with Crippen LogP contribution in [-0.4, -0.2) is 42.5 Å². The fourth-order valence-electron chi connectivity index (χ4n) is 4.35. The topological polar surface area (TPSA) is 61.7 Å². The molecule has 0 saturated carbocycles. The molecule has 0 amide bonds. The molecule has 166 valence electrons. The van der Waals surface area contributed by atoms with Gasteiger partial charge in [-0.05, 0) is 36.2 Å². The molecule has 1 fully saturated rings. The summed E-state index contributed by atoms with van der Waals surface area (Å²) >= 11 is 0. The smallest absolute Gasteiger partial charge is 0.292 e. The van der Waals surface area contributed by atoms with Crippen LogP contribution in [0.2, 0.25) is 0 Å². The molecule has 0 aromatic heterocycles. The number of nitrogens with one attached hydrogen (secondary N) is 1. The van der Waals surface area contributed by atoms with Gasteiger partial charge in [0.2, 0.25) is 0 Å². The van der Waals surface area contributed by atoms with Gasteiger partial charge in [-0.1, -0.05) is 67.6 Å². The van der Waals surface area contributed by atoms with E-state index in [-0.39, 0.29) is 16.7 Å². The highest BCUT2D eigenvalue weighted by atomic mass is 16.6. The summed E-state index contributed by atoms with van der Waals surface area (Å²) in [6, 6.07) is 25.4. The zero-order valence-corrected chi connectivity index (χ0v) is 18.5. The fourth-order valence-corrected chi connectivity index (χ4v) is 4.35. The van der Waals surface area contributed by atoms with E-state index in [1.165, 1.54) is 0 Å². The molecule has 0 aliphatic carbocycles. The normalized spacial score (nSPS) is 14.5. The summed E-state index contributed by atoms with van der Waals surface area (Å²) in [5, 5.41) is 15.3. The lowest BCUT2D eigenvalue weighted by Gasteiger charge is -2.36. The van der Waals surface area contributed by atoms with Crippen LogP contribution in [0, 0.1) is 10.1 Å². The van der Waals surface area contributed by atoms with E-state index >= 15 is 0 Å². The number of anilines is 2. The maximum Gasteiger partial charge on any atom is 0.292 e. The number of nitro groups is 1. The van der Waals surface area contributed by atoms with Crippen LogP contribution in [0.25, 0.3) is 0 Å². The summed E-state index contributed by atoms with van der Waals surface area (Å²) in [4.78, 5) is 16.3. The van der Waals surface area contributed by atoms with Gasteiger partial charge >= 0.3 is 0 Å². The molecule has 6 heteroatoms. The molecule has 1 N–H and O–H groups in total. The Balaban J connectivity index is 1.65. The van der Waals surface area contributed by atoms with E-state index in [4.69, 9.17) is 0 Å². The monoisotopic (exact) mass is 430 g/mol. The number of rotatable bonds is 8. The Labute approximate surface area is 189 Å². The van der Waals surface area contributed by atoms with Gasteiger partial charge in [0.15, 0.2) is 0 Å². The van der Waals surface area contributed by atoms with Crippen molar-refractivity contribution in [2.75, 3.05) is 42.9 Å². The van der Waals surface area contributed by atoms with Gasteiger partial charge in [-0.3, -0.25) is 15.0 Å². The Bertz CT molecular complexity index is 979. The molecule has 0 unspecified atom stereocenters. The predicted octanol–water partition coefficient (Wildman–Crippen LogP) is 5.33. The third-order valence-corrected chi connectivity index (χ3v) is 6.02. The molecule has 1 saturated heterocycles. The molecule has 32 heavy (non-hydrogen) atoms. The van der Waals surface area contributed by atoms with Crippen molar-refractivity contribution in [3.05, 3.63) is 100 Å². The van der Waals surface area contributed by atoms with Crippen LogP contribution in [0.4, 0.5) is 17.1 Å². The molecular formula is C26H30N4O2. The molecule has 0 radical (unpaired) electrons. The van der Waals surface area contributed by atoms with Crippen LogP contribution in [0.5, 0.6) is 0 Å². The van der Waals surface area contributed by atoms with Crippen LogP contribution in [-0.2, 0) is 0 Å². The molecular weight excluding hydrogens is 400 g/mol. The first kappa shape index (κ1) is 21.8. The van der Waals surface area contributed by atoms with Gasteiger partial charge in [-0.2, -0.15) is 0 Å². The van der Waals surface area contributed by atoms with Crippen LogP contribution in [0.15, 0.2) is 78.9 Å². The third kappa shape index (κ3) is 5.08. The van der Waals surface area contributed by atoms with Crippen molar-refractivity contribution in [2.45, 2.75) is 19.4 Å². The molecule has 1 heterocycles. The van der Waals surface area contributed by atoms with Gasteiger partial charge in [0, 0.05) is 37.9 Å². The summed E-state index contributed by atoms with van der Waals surface area (Å²) in [5.74, 6) is 0. The Morgan fingerprint density at radius 1 is 0.906 bits per heavy atom. The minimum absolute atomic E-state index is 0.0928. The third-order valence-electron chi connectivity index (χ3n) is 6.02. The molecule has 4 rings (SSSR count). The lowest BCUT2D eigenvalue weighted by Crippen LogP contribution is -2.46. The maximum absolute atomic E-state index is 11.8. The van der Waals surface area contributed by atoms with E-state index in [0.29, 0.717) is 5.69 Å². The van der Waals surface area contributed by atoms with Gasteiger partial charge < -0.3 is 10.2 Å². The lowest BCUT2D eigenvalue weighted by atomic mass is 9.98. The number of hydrogen-bond donors (Lipinski definition) is 1. The second-order valence-electron chi connectivity index (χ2n) is 8.19. The average Bonchev–Trinajstić information content (AvgIpc) is 2.84. The van der Waals surface area contributed by atoms with Gasteiger partial charge in [0.25, 0.3) is 5.69 Å². The Kier molecular flexibility index (Phi) is 7.02. The van der Waals surface area contributed by atoms with Crippen LogP contribution in [0.3, 0.4) is 0 Å². The zero-order valence-electron chi connectivity index (χ0n) is 18.5. The van der Waals surface area contributed by atoms with E-state index < -0.39 is 0 Å². The van der Waals surface area contributed by atoms with Crippen LogP contribution < -0.4 is 10.2 Å². The second kappa shape index (κ2) is 10.3. The first-order valence-corrected chi connectivity index (χ1v) is 11.3. The highest BCUT2D eigenvalue weighted by molar-refractivity contribution is 5.70. The van der Waals surface area contributed by atoms with E-state index in [2.05, 4.69) is 22.0 Å². The molecule has 1 aliphatic rings. The summed E-state index contributed by atoms with van der Waals surface area (Å²) in [5.41, 5.74) is 3.78. The molecule has 1 aliphatic heterocycles. The van der Waals surface area contributed by atoms with Crippen molar-refractivity contribution in [1.82, 2.24) is 4.90 Å². The average molecular weight is 431 g/mol. The van der Waals surface area contributed by atoms with Crippen molar-refractivity contribution in [3.8, 4) is 0 Å². The molecule has 3 aromatic carbocycles. The zero-order chi connectivity index (χ0) is 22.3. The van der Waals surface area contributed by atoms with Gasteiger partial charge in [-0.25, -0.2) is 0 Å². The Morgan fingerprint density at radius 2 is 1.50 bits per heavy atom. The lowest BCUT2D eigenvalue weighted by molar-refractivity contribution is -0.384. The fraction of sp³-hybridized carbons (Fsp3) is 0.308. The summed E-state index contributed by atoms with van der Waals surface area (Å²) < 4.78 is 0. The van der Waals surface area contributed by atoms with Gasteiger partial charge in [0.05, 0.1) is 11.0 Å². The molecule has 0 bridgehead atoms. The number of hydrogen-bond acceptors (Lipinski definition) is 5. The summed E-state index contributed by atoms with van der Waals surface area (Å²) in [6.45, 7) is 7.22. The quantitative estimate of drug-likeness (QED) is 0.387. The van der Waals surface area contributed by atoms with Crippen molar-refractivity contribution in [1.29, 1.82) is 0 Å². The second-order valence-corrected chi connectivity index (χ2v) is 8.19. The minimum Gasteiger partial charge on any atom is -0.369 e. The standard InChI is InChI=1S/C26H30N4O2/c1-2-15-28-16-18-29(19-17-28)23-13-14-25(30(31)32)24(20-23)27-26(21-9-5-3-6-10-21)22-11-7-4-8-12-22/h3-14,20,26-27H,2,15-19H2,1H3. The van der Waals surface area contributed by atoms with Crippen molar-refractivity contribution >= 4 is 17.1 Å². The number of nitro benzene ring substituents is 1. The van der Waals surface area contributed by atoms with Crippen LogP contribution in [0.1, 0.15) is 30.5 Å². The van der Waals surface area contributed by atoms with Gasteiger partial charge in [-0.15, -0.1) is 0 Å². The van der Waals surface area contributed by atoms with E-state index in [1.54, 1.807) is 6.07 Å². The van der Waals surface area contributed by atoms with Crippen molar-refractivity contribution in [3.63, 3.8) is 0 Å². The SMILES string of the molecule is CCCN1CCN(c2ccc([N+](=O)[O-])c(NC(c3ccccc3)c3ccccc3)c2)CC1. The van der Waals surface area contributed by atoms with Crippen molar-refractivity contribution < 1.29 is 4.92 Å². The van der Waals surface area contributed by atoms with E-state index in [1.807, 2.05) is 72.8 Å². The Hall–Kier alpha value is -3.38. The number of piperazine rings is 1. The van der Waals surface area contributed by atoms with Crippen molar-refractivity contribution in [2.24, 2.45) is 0 Å². The predicted molar refractivity (Wildman–Crippen MR) is 130 cm³/mol. The first-order valence-electron chi connectivity index (χ1n) is 11.3. The van der Waals surface area contributed by atoms with Gasteiger partial charge in [0.1, 0.15) is 5.69 Å². The highest BCUT2D eigenvalue weighted by Gasteiger charge is 2.23.